The molecule has 1 rings (SSSR count). The maximum atomic E-state index is 5.73. The van der Waals surface area contributed by atoms with Crippen LogP contribution in [0.4, 0.5) is 11.4 Å². The van der Waals surface area contributed by atoms with Crippen LogP contribution in [0.2, 0.25) is 0 Å². The lowest BCUT2D eigenvalue weighted by molar-refractivity contribution is 0.921. The average molecular weight is 193 g/mol. The van der Waals surface area contributed by atoms with Gasteiger partial charge in [0.25, 0.3) is 0 Å². The fourth-order valence-corrected chi connectivity index (χ4v) is 0.998. The van der Waals surface area contributed by atoms with Crippen LogP contribution >= 0.6 is 0 Å². The summed E-state index contributed by atoms with van der Waals surface area (Å²) in [6, 6.07) is 5.46. The average Bonchev–Trinajstić information content (AvgIpc) is 2.08. The lowest BCUT2D eigenvalue weighted by Crippen LogP contribution is -2.27. The van der Waals surface area contributed by atoms with Crippen LogP contribution in [0.3, 0.4) is 0 Å². The number of nitrogens with zero attached hydrogens (tertiary/aromatic N) is 2. The van der Waals surface area contributed by atoms with Crippen LogP contribution in [-0.2, 0) is 0 Å². The van der Waals surface area contributed by atoms with Crippen molar-refractivity contribution in [1.82, 2.24) is 0 Å². The summed E-state index contributed by atoms with van der Waals surface area (Å²) in [5, 5.41) is 5.07. The van der Waals surface area contributed by atoms with Gasteiger partial charge in [0, 0.05) is 5.69 Å². The first kappa shape index (κ1) is 10.3. The standard InChI is InChI=1S/C9H15N5/c1-6-3-4-8(5-9(6)11)14(12)13-7(2)10/h3-5H,11-12H2,1-2H3,(H2,10,13). The third-order valence-corrected chi connectivity index (χ3v) is 1.79. The van der Waals surface area contributed by atoms with E-state index >= 15 is 0 Å². The molecule has 0 radical (unpaired) electrons. The van der Waals surface area contributed by atoms with Gasteiger partial charge < -0.3 is 11.5 Å². The molecule has 0 aromatic heterocycles. The molecule has 0 saturated carbocycles. The predicted octanol–water partition coefficient (Wildman–Crippen LogP) is 0.549. The summed E-state index contributed by atoms with van der Waals surface area (Å²) in [5.74, 6) is 6.02. The number of hydrazone groups is 1. The minimum atomic E-state index is 0.395. The van der Waals surface area contributed by atoms with E-state index in [0.717, 1.165) is 5.56 Å². The van der Waals surface area contributed by atoms with Crippen molar-refractivity contribution in [2.75, 3.05) is 10.9 Å². The molecule has 0 heterocycles. The number of hydrogen-bond donors (Lipinski definition) is 3. The van der Waals surface area contributed by atoms with E-state index < -0.39 is 0 Å². The first-order chi connectivity index (χ1) is 6.50. The van der Waals surface area contributed by atoms with Crippen molar-refractivity contribution < 1.29 is 0 Å². The second kappa shape index (κ2) is 3.97. The maximum Gasteiger partial charge on any atom is 0.118 e. The Bertz CT molecular complexity index is 354. The maximum absolute atomic E-state index is 5.73. The minimum Gasteiger partial charge on any atom is -0.398 e. The number of hydrogen-bond acceptors (Lipinski definition) is 4. The van der Waals surface area contributed by atoms with Gasteiger partial charge in [-0.2, -0.15) is 5.12 Å². The Hall–Kier alpha value is -1.75. The van der Waals surface area contributed by atoms with Crippen molar-refractivity contribution in [3.8, 4) is 0 Å². The Labute approximate surface area is 83.1 Å². The molecule has 0 aliphatic carbocycles. The molecule has 5 nitrogen and oxygen atoms in total. The molecule has 0 amide bonds. The second-order valence-corrected chi connectivity index (χ2v) is 3.13. The molecular formula is C9H15N5. The third kappa shape index (κ3) is 2.37. The monoisotopic (exact) mass is 193 g/mol. The molecule has 0 aliphatic rings. The van der Waals surface area contributed by atoms with Crippen molar-refractivity contribution in [3.63, 3.8) is 0 Å². The van der Waals surface area contributed by atoms with E-state index in [2.05, 4.69) is 5.10 Å². The van der Waals surface area contributed by atoms with Crippen LogP contribution in [0.15, 0.2) is 23.3 Å². The molecule has 0 atom stereocenters. The lowest BCUT2D eigenvalue weighted by atomic mass is 10.2. The third-order valence-electron chi connectivity index (χ3n) is 1.79. The number of benzene rings is 1. The largest absolute Gasteiger partial charge is 0.398 e. The Kier molecular flexibility index (Phi) is 2.93. The predicted molar refractivity (Wildman–Crippen MR) is 59.6 cm³/mol. The van der Waals surface area contributed by atoms with E-state index in [4.69, 9.17) is 17.3 Å². The molecule has 6 N–H and O–H groups in total. The molecule has 1 aromatic carbocycles. The van der Waals surface area contributed by atoms with Crippen LogP contribution in [-0.4, -0.2) is 5.84 Å². The Morgan fingerprint density at radius 2 is 2.07 bits per heavy atom. The zero-order chi connectivity index (χ0) is 10.7. The number of nitrogen functional groups attached to an aromatic ring is 1. The van der Waals surface area contributed by atoms with Gasteiger partial charge in [0.2, 0.25) is 0 Å². The lowest BCUT2D eigenvalue weighted by Gasteiger charge is -2.13. The zero-order valence-corrected chi connectivity index (χ0v) is 8.36. The van der Waals surface area contributed by atoms with E-state index in [0.29, 0.717) is 17.2 Å². The summed E-state index contributed by atoms with van der Waals surface area (Å²) in [6.07, 6.45) is 0. The van der Waals surface area contributed by atoms with Gasteiger partial charge in [-0.15, -0.1) is 5.10 Å². The smallest absolute Gasteiger partial charge is 0.118 e. The van der Waals surface area contributed by atoms with Gasteiger partial charge in [-0.1, -0.05) is 6.07 Å². The Balaban J connectivity index is 2.97. The van der Waals surface area contributed by atoms with Crippen LogP contribution in [0.5, 0.6) is 0 Å². The number of hydrazine groups is 1. The van der Waals surface area contributed by atoms with Crippen molar-refractivity contribution in [2.24, 2.45) is 16.7 Å². The summed E-state index contributed by atoms with van der Waals surface area (Å²) in [6.45, 7) is 3.59. The molecule has 0 aliphatic heterocycles. The minimum absolute atomic E-state index is 0.395. The van der Waals surface area contributed by atoms with Gasteiger partial charge in [0.15, 0.2) is 0 Å². The first-order valence-corrected chi connectivity index (χ1v) is 4.22. The number of aryl methyl sites for hydroxylation is 1. The highest BCUT2D eigenvalue weighted by Crippen LogP contribution is 2.18. The molecule has 14 heavy (non-hydrogen) atoms. The molecule has 5 heteroatoms. The van der Waals surface area contributed by atoms with Gasteiger partial charge in [0.05, 0.1) is 5.69 Å². The summed E-state index contributed by atoms with van der Waals surface area (Å²) >= 11 is 0. The fraction of sp³-hybridized carbons (Fsp3) is 0.222. The van der Waals surface area contributed by atoms with Crippen molar-refractivity contribution >= 4 is 17.2 Å². The summed E-state index contributed by atoms with van der Waals surface area (Å²) < 4.78 is 0. The highest BCUT2D eigenvalue weighted by molar-refractivity contribution is 5.78. The van der Waals surface area contributed by atoms with E-state index in [1.54, 1.807) is 13.0 Å². The van der Waals surface area contributed by atoms with Gasteiger partial charge in [-0.05, 0) is 31.5 Å². The Morgan fingerprint density at radius 3 is 2.57 bits per heavy atom. The molecule has 76 valence electrons. The molecule has 0 saturated heterocycles. The zero-order valence-electron chi connectivity index (χ0n) is 8.36. The highest BCUT2D eigenvalue weighted by atomic mass is 15.6. The normalized spacial score (nSPS) is 11.5. The SMILES string of the molecule is C/C(N)=N/N(N)c1ccc(C)c(N)c1. The van der Waals surface area contributed by atoms with Gasteiger partial charge in [-0.3, -0.25) is 0 Å². The molecule has 0 spiro atoms. The molecule has 0 unspecified atom stereocenters. The van der Waals surface area contributed by atoms with Crippen LogP contribution in [0, 0.1) is 6.92 Å². The molecule has 0 fully saturated rings. The summed E-state index contributed by atoms with van der Waals surface area (Å²) in [5.41, 5.74) is 13.5. The highest BCUT2D eigenvalue weighted by Gasteiger charge is 2.01. The van der Waals surface area contributed by atoms with E-state index in [1.807, 2.05) is 19.1 Å². The van der Waals surface area contributed by atoms with Crippen molar-refractivity contribution in [2.45, 2.75) is 13.8 Å². The van der Waals surface area contributed by atoms with Crippen molar-refractivity contribution in [1.29, 1.82) is 0 Å². The van der Waals surface area contributed by atoms with Gasteiger partial charge in [0.1, 0.15) is 5.84 Å². The van der Waals surface area contributed by atoms with Crippen LogP contribution in [0.25, 0.3) is 0 Å². The van der Waals surface area contributed by atoms with Crippen LogP contribution in [0.1, 0.15) is 12.5 Å². The summed E-state index contributed by atoms with van der Waals surface area (Å²) in [4.78, 5) is 0. The fourth-order valence-electron chi connectivity index (χ4n) is 0.998. The number of nitrogens with two attached hydrogens (primary N) is 3. The van der Waals surface area contributed by atoms with E-state index in [-0.39, 0.29) is 0 Å². The first-order valence-electron chi connectivity index (χ1n) is 4.22. The van der Waals surface area contributed by atoms with Crippen LogP contribution < -0.4 is 22.4 Å². The summed E-state index contributed by atoms with van der Waals surface area (Å²) in [7, 11) is 0. The quantitative estimate of drug-likeness (QED) is 0.210. The number of anilines is 2. The molecule has 1 aromatic rings. The van der Waals surface area contributed by atoms with Crippen molar-refractivity contribution in [3.05, 3.63) is 23.8 Å². The molecule has 0 bridgehead atoms. The van der Waals surface area contributed by atoms with E-state index in [1.165, 1.54) is 5.12 Å². The molecular weight excluding hydrogens is 178 g/mol. The number of rotatable bonds is 2. The topological polar surface area (TPSA) is 93.7 Å². The second-order valence-electron chi connectivity index (χ2n) is 3.13. The number of amidine groups is 1. The van der Waals surface area contributed by atoms with E-state index in [9.17, 15) is 0 Å². The van der Waals surface area contributed by atoms with Gasteiger partial charge >= 0.3 is 0 Å². The Morgan fingerprint density at radius 1 is 1.43 bits per heavy atom. The van der Waals surface area contributed by atoms with Gasteiger partial charge in [-0.25, -0.2) is 5.84 Å².